The Balaban J connectivity index is 2.43. The Labute approximate surface area is 109 Å². The van der Waals surface area contributed by atoms with Crippen LogP contribution in [-0.2, 0) is 24.8 Å². The van der Waals surface area contributed by atoms with Gasteiger partial charge in [-0.1, -0.05) is 0 Å². The molecule has 2 N–H and O–H groups in total. The average molecular weight is 287 g/mol. The Bertz CT molecular complexity index is 489. The molecule has 0 radical (unpaired) electrons. The highest BCUT2D eigenvalue weighted by Gasteiger charge is 2.24. The van der Waals surface area contributed by atoms with Crippen LogP contribution < -0.4 is 0 Å². The van der Waals surface area contributed by atoms with Gasteiger partial charge in [-0.2, -0.15) is 0 Å². The summed E-state index contributed by atoms with van der Waals surface area (Å²) in [4.78, 5) is 34.8. The molecule has 0 amide bonds. The molecule has 1 heterocycles. The molecular formula is C11H14NO6P. The lowest BCUT2D eigenvalue weighted by atomic mass is 10.2. The molecule has 104 valence electrons. The zero-order chi connectivity index (χ0) is 14.3. The summed E-state index contributed by atoms with van der Waals surface area (Å²) in [6.45, 7) is 0. The molecule has 0 aliphatic heterocycles. The normalized spacial score (nSPS) is 13.5. The van der Waals surface area contributed by atoms with Crippen LogP contribution in [0.2, 0.25) is 0 Å². The maximum Gasteiger partial charge on any atom is 0.383 e. The number of hydrogen-bond acceptors (Lipinski definition) is 5. The summed E-state index contributed by atoms with van der Waals surface area (Å²) in [6, 6.07) is 3.09. The molecule has 1 atom stereocenters. The van der Waals surface area contributed by atoms with Gasteiger partial charge in [-0.05, 0) is 24.1 Å². The van der Waals surface area contributed by atoms with Crippen molar-refractivity contribution in [2.24, 2.45) is 0 Å². The van der Waals surface area contributed by atoms with Crippen LogP contribution >= 0.6 is 7.60 Å². The lowest BCUT2D eigenvalue weighted by Crippen LogP contribution is -2.05. The maximum atomic E-state index is 11.7. The number of pyridine rings is 1. The lowest BCUT2D eigenvalue weighted by molar-refractivity contribution is -0.137. The van der Waals surface area contributed by atoms with Gasteiger partial charge in [0.05, 0.1) is 6.16 Å². The summed E-state index contributed by atoms with van der Waals surface area (Å²) in [6.07, 6.45) is 2.32. The number of carbonyl (C=O) groups is 2. The fourth-order valence-electron chi connectivity index (χ4n) is 1.34. The van der Waals surface area contributed by atoms with Gasteiger partial charge in [0.2, 0.25) is 0 Å². The summed E-state index contributed by atoms with van der Waals surface area (Å²) < 4.78 is 16.1. The predicted molar refractivity (Wildman–Crippen MR) is 65.3 cm³/mol. The van der Waals surface area contributed by atoms with Crippen LogP contribution in [0.3, 0.4) is 0 Å². The number of hydrogen-bond donors (Lipinski definition) is 2. The molecule has 8 heteroatoms. The van der Waals surface area contributed by atoms with Crippen molar-refractivity contribution >= 4 is 19.5 Å². The van der Waals surface area contributed by atoms with Gasteiger partial charge in [-0.15, -0.1) is 0 Å². The van der Waals surface area contributed by atoms with E-state index in [1.54, 1.807) is 12.1 Å². The monoisotopic (exact) mass is 287 g/mol. The van der Waals surface area contributed by atoms with Gasteiger partial charge < -0.3 is 14.5 Å². The highest BCUT2D eigenvalue weighted by atomic mass is 31.2. The minimum atomic E-state index is -4.06. The number of rotatable bonds is 7. The van der Waals surface area contributed by atoms with E-state index in [0.29, 0.717) is 5.56 Å². The van der Waals surface area contributed by atoms with Gasteiger partial charge in [-0.3, -0.25) is 14.6 Å². The molecule has 1 aromatic heterocycles. The average Bonchev–Trinajstić information content (AvgIpc) is 2.28. The summed E-state index contributed by atoms with van der Waals surface area (Å²) in [7, 11) is -4.06. The van der Waals surface area contributed by atoms with Crippen molar-refractivity contribution in [2.75, 3.05) is 0 Å². The van der Waals surface area contributed by atoms with Crippen molar-refractivity contribution in [2.45, 2.75) is 25.4 Å². The van der Waals surface area contributed by atoms with Crippen LogP contribution in [0.4, 0.5) is 0 Å². The second-order valence-corrected chi connectivity index (χ2v) is 5.64. The van der Waals surface area contributed by atoms with E-state index in [9.17, 15) is 19.0 Å². The first-order valence-corrected chi connectivity index (χ1v) is 7.30. The quantitative estimate of drug-likeness (QED) is 0.731. The van der Waals surface area contributed by atoms with Gasteiger partial charge in [0.15, 0.2) is 0 Å². The molecule has 0 bridgehead atoms. The topological polar surface area (TPSA) is 114 Å². The fourth-order valence-corrected chi connectivity index (χ4v) is 2.49. The zero-order valence-electron chi connectivity index (χ0n) is 10.1. The minimum absolute atomic E-state index is 0.0728. The second kappa shape index (κ2) is 7.01. The largest absolute Gasteiger partial charge is 0.481 e. The number of aliphatic carboxylic acids is 1. The van der Waals surface area contributed by atoms with E-state index in [1.165, 1.54) is 12.4 Å². The summed E-state index contributed by atoms with van der Waals surface area (Å²) in [5.74, 6) is -1.90. The van der Waals surface area contributed by atoms with E-state index < -0.39 is 19.5 Å². The third kappa shape index (κ3) is 6.69. The Morgan fingerprint density at radius 2 is 1.89 bits per heavy atom. The highest BCUT2D eigenvalue weighted by Crippen LogP contribution is 2.45. The van der Waals surface area contributed by atoms with Crippen molar-refractivity contribution in [3.05, 3.63) is 30.1 Å². The standard InChI is InChI=1S/C11H14NO6P/c13-10(14)2-1-3-11(15)18-19(16,17)8-9-4-6-12-7-5-9/h4-7H,1-3,8H2,(H,13,14)(H,16,17). The minimum Gasteiger partial charge on any atom is -0.481 e. The van der Waals surface area contributed by atoms with E-state index in [1.807, 2.05) is 0 Å². The van der Waals surface area contributed by atoms with Crippen molar-refractivity contribution in [3.63, 3.8) is 0 Å². The number of nitrogens with zero attached hydrogens (tertiary/aromatic N) is 1. The zero-order valence-corrected chi connectivity index (χ0v) is 11.0. The van der Waals surface area contributed by atoms with Gasteiger partial charge in [0.1, 0.15) is 0 Å². The van der Waals surface area contributed by atoms with Gasteiger partial charge in [-0.25, -0.2) is 4.57 Å². The predicted octanol–water partition coefficient (Wildman–Crippen LogP) is 1.57. The molecule has 0 spiro atoms. The molecule has 0 saturated carbocycles. The third-order valence-corrected chi connectivity index (χ3v) is 3.40. The molecule has 0 aromatic carbocycles. The Kier molecular flexibility index (Phi) is 5.66. The van der Waals surface area contributed by atoms with Crippen LogP contribution in [0.25, 0.3) is 0 Å². The van der Waals surface area contributed by atoms with E-state index in [-0.39, 0.29) is 25.4 Å². The Morgan fingerprint density at radius 3 is 2.47 bits per heavy atom. The van der Waals surface area contributed by atoms with E-state index in [0.717, 1.165) is 0 Å². The van der Waals surface area contributed by atoms with E-state index >= 15 is 0 Å². The molecule has 7 nitrogen and oxygen atoms in total. The Morgan fingerprint density at radius 1 is 1.26 bits per heavy atom. The van der Waals surface area contributed by atoms with Crippen LogP contribution in [0, 0.1) is 0 Å². The first-order chi connectivity index (χ1) is 8.89. The van der Waals surface area contributed by atoms with Crippen LogP contribution in [-0.4, -0.2) is 26.9 Å². The summed E-state index contributed by atoms with van der Waals surface area (Å²) in [5.41, 5.74) is 0.527. The molecule has 0 saturated heterocycles. The molecular weight excluding hydrogens is 273 g/mol. The maximum absolute atomic E-state index is 11.7. The van der Waals surface area contributed by atoms with Crippen molar-refractivity contribution in [3.8, 4) is 0 Å². The smallest absolute Gasteiger partial charge is 0.383 e. The highest BCUT2D eigenvalue weighted by molar-refractivity contribution is 7.52. The molecule has 1 unspecified atom stereocenters. The SMILES string of the molecule is O=C(O)CCCC(=O)OP(=O)(O)Cc1ccncc1. The Hall–Kier alpha value is -1.72. The molecule has 0 aliphatic rings. The first-order valence-electron chi connectivity index (χ1n) is 5.54. The summed E-state index contributed by atoms with van der Waals surface area (Å²) >= 11 is 0. The van der Waals surface area contributed by atoms with Crippen molar-refractivity contribution < 1.29 is 28.7 Å². The third-order valence-electron chi connectivity index (χ3n) is 2.15. The van der Waals surface area contributed by atoms with E-state index in [2.05, 4.69) is 9.51 Å². The number of aromatic nitrogens is 1. The molecule has 1 aromatic rings. The number of carboxylic acid groups (broad SMARTS) is 1. The number of carboxylic acids is 1. The molecule has 0 fully saturated rings. The first kappa shape index (κ1) is 15.3. The summed E-state index contributed by atoms with van der Waals surface area (Å²) in [5, 5.41) is 8.39. The van der Waals surface area contributed by atoms with Gasteiger partial charge in [0, 0.05) is 25.2 Å². The van der Waals surface area contributed by atoms with E-state index in [4.69, 9.17) is 5.11 Å². The van der Waals surface area contributed by atoms with Crippen LogP contribution in [0.5, 0.6) is 0 Å². The lowest BCUT2D eigenvalue weighted by Gasteiger charge is -2.11. The second-order valence-electron chi connectivity index (χ2n) is 3.86. The fraction of sp³-hybridized carbons (Fsp3) is 0.364. The molecule has 0 aliphatic carbocycles. The van der Waals surface area contributed by atoms with Crippen LogP contribution in [0.1, 0.15) is 24.8 Å². The van der Waals surface area contributed by atoms with Gasteiger partial charge >= 0.3 is 19.5 Å². The number of carbonyl (C=O) groups excluding carboxylic acids is 1. The molecule has 19 heavy (non-hydrogen) atoms. The molecule has 1 rings (SSSR count). The van der Waals surface area contributed by atoms with Gasteiger partial charge in [0.25, 0.3) is 0 Å². The van der Waals surface area contributed by atoms with Crippen LogP contribution in [0.15, 0.2) is 24.5 Å². The van der Waals surface area contributed by atoms with Crippen molar-refractivity contribution in [1.82, 2.24) is 4.98 Å². The van der Waals surface area contributed by atoms with Crippen molar-refractivity contribution in [1.29, 1.82) is 0 Å².